The van der Waals surface area contributed by atoms with Crippen molar-refractivity contribution in [1.29, 1.82) is 0 Å². The summed E-state index contributed by atoms with van der Waals surface area (Å²) < 4.78 is 11.3. The van der Waals surface area contributed by atoms with Gasteiger partial charge in [0.05, 0.1) is 24.9 Å². The summed E-state index contributed by atoms with van der Waals surface area (Å²) in [6.07, 6.45) is 4.80. The van der Waals surface area contributed by atoms with Crippen LogP contribution >= 0.6 is 0 Å². The maximum Gasteiger partial charge on any atom is 0.0653 e. The number of methoxy groups -OCH3 is 1. The third-order valence-electron chi connectivity index (χ3n) is 3.56. The number of allylic oxidation sites excluding steroid dienone is 1. The number of aliphatic hydroxyl groups is 1. The van der Waals surface area contributed by atoms with Crippen LogP contribution in [0.2, 0.25) is 0 Å². The maximum atomic E-state index is 9.73. The molecule has 0 heterocycles. The molecule has 0 amide bonds. The van der Waals surface area contributed by atoms with E-state index in [1.165, 1.54) is 5.57 Å². The molecule has 0 bridgehead atoms. The summed E-state index contributed by atoms with van der Waals surface area (Å²) in [6.45, 7) is 6.85. The number of hydrogen-bond acceptors (Lipinski definition) is 3. The topological polar surface area (TPSA) is 38.7 Å². The van der Waals surface area contributed by atoms with E-state index in [1.807, 2.05) is 0 Å². The molecule has 0 aliphatic heterocycles. The van der Waals surface area contributed by atoms with Crippen molar-refractivity contribution in [3.63, 3.8) is 0 Å². The van der Waals surface area contributed by atoms with E-state index in [0.29, 0.717) is 12.5 Å². The molecule has 0 aromatic rings. The molecule has 1 N–H and O–H groups in total. The number of ether oxygens (including phenoxy) is 2. The minimum atomic E-state index is -0.194. The van der Waals surface area contributed by atoms with E-state index in [-0.39, 0.29) is 18.3 Å². The van der Waals surface area contributed by atoms with E-state index >= 15 is 0 Å². The van der Waals surface area contributed by atoms with Gasteiger partial charge in [-0.3, -0.25) is 0 Å². The van der Waals surface area contributed by atoms with Crippen LogP contribution in [0, 0.1) is 5.92 Å². The lowest BCUT2D eigenvalue weighted by Gasteiger charge is -2.36. The highest BCUT2D eigenvalue weighted by Crippen LogP contribution is 2.30. The van der Waals surface area contributed by atoms with Crippen molar-refractivity contribution in [2.75, 3.05) is 13.7 Å². The third kappa shape index (κ3) is 4.78. The molecule has 0 aromatic heterocycles. The maximum absolute atomic E-state index is 9.73. The SMILES string of the molecule is COC1CCC(O)CC1C(C)OCC=C(C)C. The molecule has 1 aliphatic carbocycles. The van der Waals surface area contributed by atoms with Crippen LogP contribution in [0.3, 0.4) is 0 Å². The van der Waals surface area contributed by atoms with Gasteiger partial charge in [0.25, 0.3) is 0 Å². The summed E-state index contributed by atoms with van der Waals surface area (Å²) in [7, 11) is 1.75. The van der Waals surface area contributed by atoms with Crippen LogP contribution in [-0.2, 0) is 9.47 Å². The minimum absolute atomic E-state index is 0.130. The molecule has 0 radical (unpaired) electrons. The molecule has 1 aliphatic rings. The summed E-state index contributed by atoms with van der Waals surface area (Å²) in [5, 5.41) is 9.73. The minimum Gasteiger partial charge on any atom is -0.393 e. The molecule has 17 heavy (non-hydrogen) atoms. The van der Waals surface area contributed by atoms with E-state index < -0.39 is 0 Å². The van der Waals surface area contributed by atoms with Gasteiger partial charge in [-0.25, -0.2) is 0 Å². The molecule has 1 fully saturated rings. The Balaban J connectivity index is 2.46. The van der Waals surface area contributed by atoms with Gasteiger partial charge in [-0.05, 0) is 40.0 Å². The fourth-order valence-corrected chi connectivity index (χ4v) is 2.43. The van der Waals surface area contributed by atoms with Crippen LogP contribution in [0.1, 0.15) is 40.0 Å². The third-order valence-corrected chi connectivity index (χ3v) is 3.56. The molecule has 100 valence electrons. The van der Waals surface area contributed by atoms with Gasteiger partial charge in [0.2, 0.25) is 0 Å². The molecule has 0 saturated heterocycles. The zero-order chi connectivity index (χ0) is 12.8. The van der Waals surface area contributed by atoms with Gasteiger partial charge < -0.3 is 14.6 Å². The first kappa shape index (κ1) is 14.7. The van der Waals surface area contributed by atoms with Crippen molar-refractivity contribution in [2.24, 2.45) is 5.92 Å². The Morgan fingerprint density at radius 2 is 2.12 bits per heavy atom. The van der Waals surface area contributed by atoms with E-state index in [2.05, 4.69) is 26.8 Å². The van der Waals surface area contributed by atoms with Crippen molar-refractivity contribution >= 4 is 0 Å². The second-order valence-electron chi connectivity index (χ2n) is 5.22. The smallest absolute Gasteiger partial charge is 0.0653 e. The van der Waals surface area contributed by atoms with E-state index in [9.17, 15) is 5.11 Å². The Labute approximate surface area is 105 Å². The fourth-order valence-electron chi connectivity index (χ4n) is 2.43. The zero-order valence-corrected chi connectivity index (χ0v) is 11.5. The summed E-state index contributed by atoms with van der Waals surface area (Å²) >= 11 is 0. The van der Waals surface area contributed by atoms with Crippen molar-refractivity contribution in [3.8, 4) is 0 Å². The van der Waals surface area contributed by atoms with Crippen LogP contribution in [0.5, 0.6) is 0 Å². The first-order valence-electron chi connectivity index (χ1n) is 6.50. The average Bonchev–Trinajstić information content (AvgIpc) is 2.28. The predicted molar refractivity (Wildman–Crippen MR) is 69.0 cm³/mol. The van der Waals surface area contributed by atoms with Gasteiger partial charge in [0.1, 0.15) is 0 Å². The molecule has 4 atom stereocenters. The van der Waals surface area contributed by atoms with Gasteiger partial charge in [-0.15, -0.1) is 0 Å². The highest BCUT2D eigenvalue weighted by Gasteiger charge is 2.33. The summed E-state index contributed by atoms with van der Waals surface area (Å²) in [6, 6.07) is 0. The fraction of sp³-hybridized carbons (Fsp3) is 0.857. The van der Waals surface area contributed by atoms with Gasteiger partial charge in [-0.1, -0.05) is 11.6 Å². The lowest BCUT2D eigenvalue weighted by molar-refractivity contribution is -0.0796. The zero-order valence-electron chi connectivity index (χ0n) is 11.5. The Hall–Kier alpha value is -0.380. The van der Waals surface area contributed by atoms with Gasteiger partial charge in [0.15, 0.2) is 0 Å². The summed E-state index contributed by atoms with van der Waals surface area (Å²) in [4.78, 5) is 0. The highest BCUT2D eigenvalue weighted by atomic mass is 16.5. The van der Waals surface area contributed by atoms with Crippen molar-refractivity contribution in [3.05, 3.63) is 11.6 Å². The van der Waals surface area contributed by atoms with E-state index in [4.69, 9.17) is 9.47 Å². The van der Waals surface area contributed by atoms with Crippen molar-refractivity contribution in [1.82, 2.24) is 0 Å². The molecule has 0 aromatic carbocycles. The molecular formula is C14H26O3. The standard InChI is InChI=1S/C14H26O3/c1-10(2)7-8-17-11(3)13-9-12(15)5-6-14(13)16-4/h7,11-15H,5-6,8-9H2,1-4H3. The average molecular weight is 242 g/mol. The van der Waals surface area contributed by atoms with Crippen molar-refractivity contribution < 1.29 is 14.6 Å². The largest absolute Gasteiger partial charge is 0.393 e. The van der Waals surface area contributed by atoms with E-state index in [0.717, 1.165) is 19.3 Å². The Bertz CT molecular complexity index is 246. The number of hydrogen-bond donors (Lipinski definition) is 1. The second-order valence-corrected chi connectivity index (χ2v) is 5.22. The van der Waals surface area contributed by atoms with Gasteiger partial charge >= 0.3 is 0 Å². The molecule has 1 rings (SSSR count). The van der Waals surface area contributed by atoms with Crippen LogP contribution in [0.4, 0.5) is 0 Å². The molecule has 4 unspecified atom stereocenters. The van der Waals surface area contributed by atoms with Crippen LogP contribution in [0.25, 0.3) is 0 Å². The molecule has 0 spiro atoms. The second kappa shape index (κ2) is 7.14. The van der Waals surface area contributed by atoms with Crippen LogP contribution < -0.4 is 0 Å². The first-order valence-corrected chi connectivity index (χ1v) is 6.50. The lowest BCUT2D eigenvalue weighted by Crippen LogP contribution is -2.40. The van der Waals surface area contributed by atoms with E-state index in [1.54, 1.807) is 7.11 Å². The highest BCUT2D eigenvalue weighted by molar-refractivity contribution is 4.93. The number of aliphatic hydroxyl groups excluding tert-OH is 1. The summed E-state index contributed by atoms with van der Waals surface area (Å²) in [5.41, 5.74) is 1.27. The quantitative estimate of drug-likeness (QED) is 0.753. The van der Waals surface area contributed by atoms with Crippen LogP contribution in [-0.4, -0.2) is 37.1 Å². The Morgan fingerprint density at radius 3 is 2.71 bits per heavy atom. The number of rotatable bonds is 5. The van der Waals surface area contributed by atoms with Gasteiger partial charge in [-0.2, -0.15) is 0 Å². The normalized spacial score (nSPS) is 31.0. The lowest BCUT2D eigenvalue weighted by atomic mass is 9.81. The van der Waals surface area contributed by atoms with Crippen molar-refractivity contribution in [2.45, 2.75) is 58.3 Å². The molecule has 1 saturated carbocycles. The predicted octanol–water partition coefficient (Wildman–Crippen LogP) is 2.53. The molecule has 3 heteroatoms. The first-order chi connectivity index (χ1) is 8.04. The monoisotopic (exact) mass is 242 g/mol. The van der Waals surface area contributed by atoms with Gasteiger partial charge in [0, 0.05) is 13.0 Å². The Morgan fingerprint density at radius 1 is 1.41 bits per heavy atom. The molecule has 3 nitrogen and oxygen atoms in total. The summed E-state index contributed by atoms with van der Waals surface area (Å²) in [5.74, 6) is 0.300. The Kier molecular flexibility index (Phi) is 6.17. The van der Waals surface area contributed by atoms with Crippen LogP contribution in [0.15, 0.2) is 11.6 Å². The molecular weight excluding hydrogens is 216 g/mol.